The molecule has 1 aromatic rings. The molecule has 1 aromatic carbocycles. The number of ether oxygens (including phenoxy) is 2. The largest absolute Gasteiger partial charge is 0.491 e. The van der Waals surface area contributed by atoms with E-state index < -0.39 is 5.60 Å². The van der Waals surface area contributed by atoms with E-state index in [2.05, 4.69) is 18.3 Å². The highest BCUT2D eigenvalue weighted by molar-refractivity contribution is 5.98. The Morgan fingerprint density at radius 2 is 2.24 bits per heavy atom. The predicted octanol–water partition coefficient (Wildman–Crippen LogP) is 4.27. The van der Waals surface area contributed by atoms with Crippen molar-refractivity contribution >= 4 is 11.6 Å². The number of carbonyl (C=O) groups excluding carboxylic acids is 1. The van der Waals surface area contributed by atoms with Gasteiger partial charge >= 0.3 is 0 Å². The predicted molar refractivity (Wildman–Crippen MR) is 97.5 cm³/mol. The maximum atomic E-state index is 13.0. The van der Waals surface area contributed by atoms with Crippen molar-refractivity contribution in [3.8, 4) is 11.8 Å². The SMILES string of the molecule is CCOC1(C(=O)Nc2ccc(OC(C)C)cc2C#N)CCCC(C)C1. The topological polar surface area (TPSA) is 71.3 Å². The number of hydrogen-bond donors (Lipinski definition) is 1. The average Bonchev–Trinajstić information content (AvgIpc) is 2.55. The van der Waals surface area contributed by atoms with Gasteiger partial charge in [0.15, 0.2) is 0 Å². The van der Waals surface area contributed by atoms with Gasteiger partial charge in [-0.15, -0.1) is 0 Å². The van der Waals surface area contributed by atoms with Crippen LogP contribution in [-0.2, 0) is 9.53 Å². The van der Waals surface area contributed by atoms with Crippen LogP contribution in [0.25, 0.3) is 0 Å². The smallest absolute Gasteiger partial charge is 0.256 e. The van der Waals surface area contributed by atoms with Gasteiger partial charge in [0.25, 0.3) is 5.91 Å². The summed E-state index contributed by atoms with van der Waals surface area (Å²) >= 11 is 0. The van der Waals surface area contributed by atoms with E-state index >= 15 is 0 Å². The zero-order chi connectivity index (χ0) is 18.4. The molecule has 2 rings (SSSR count). The molecule has 0 spiro atoms. The zero-order valence-corrected chi connectivity index (χ0v) is 15.6. The van der Waals surface area contributed by atoms with Crippen molar-refractivity contribution < 1.29 is 14.3 Å². The van der Waals surface area contributed by atoms with Gasteiger partial charge in [0.1, 0.15) is 17.4 Å². The molecule has 0 aliphatic heterocycles. The van der Waals surface area contributed by atoms with Crippen molar-refractivity contribution in [1.82, 2.24) is 0 Å². The fraction of sp³-hybridized carbons (Fsp3) is 0.600. The lowest BCUT2D eigenvalue weighted by atomic mass is 9.78. The molecular formula is C20H28N2O3. The highest BCUT2D eigenvalue weighted by Gasteiger charge is 2.42. The fourth-order valence-corrected chi connectivity index (χ4v) is 3.49. The van der Waals surface area contributed by atoms with E-state index in [-0.39, 0.29) is 12.0 Å². The van der Waals surface area contributed by atoms with Gasteiger partial charge in [-0.1, -0.05) is 13.3 Å². The summed E-state index contributed by atoms with van der Waals surface area (Å²) in [6, 6.07) is 7.29. The van der Waals surface area contributed by atoms with Gasteiger partial charge in [-0.25, -0.2) is 0 Å². The summed E-state index contributed by atoms with van der Waals surface area (Å²) in [4.78, 5) is 13.0. The van der Waals surface area contributed by atoms with Crippen LogP contribution in [0.5, 0.6) is 5.75 Å². The second-order valence-electron chi connectivity index (χ2n) is 7.07. The third kappa shape index (κ3) is 4.73. The van der Waals surface area contributed by atoms with Gasteiger partial charge in [0.05, 0.1) is 17.4 Å². The Kier molecular flexibility index (Phi) is 6.44. The summed E-state index contributed by atoms with van der Waals surface area (Å²) in [6.45, 7) is 8.41. The van der Waals surface area contributed by atoms with Crippen molar-refractivity contribution in [3.63, 3.8) is 0 Å². The first kappa shape index (κ1) is 19.3. The van der Waals surface area contributed by atoms with Gasteiger partial charge < -0.3 is 14.8 Å². The van der Waals surface area contributed by atoms with Crippen LogP contribution in [0.15, 0.2) is 18.2 Å². The summed E-state index contributed by atoms with van der Waals surface area (Å²) < 4.78 is 11.5. The van der Waals surface area contributed by atoms with Crippen LogP contribution in [0.3, 0.4) is 0 Å². The molecular weight excluding hydrogens is 316 g/mol. The van der Waals surface area contributed by atoms with Crippen molar-refractivity contribution in [3.05, 3.63) is 23.8 Å². The van der Waals surface area contributed by atoms with Gasteiger partial charge in [-0.3, -0.25) is 4.79 Å². The molecule has 1 fully saturated rings. The van der Waals surface area contributed by atoms with Crippen LogP contribution < -0.4 is 10.1 Å². The molecule has 0 radical (unpaired) electrons. The molecule has 25 heavy (non-hydrogen) atoms. The van der Waals surface area contributed by atoms with Crippen LogP contribution in [-0.4, -0.2) is 24.2 Å². The molecule has 0 heterocycles. The van der Waals surface area contributed by atoms with Crippen LogP contribution in [0, 0.1) is 17.2 Å². The second kappa shape index (κ2) is 8.35. The Hall–Kier alpha value is -2.06. The number of rotatable bonds is 6. The number of nitrogens with zero attached hydrogens (tertiary/aromatic N) is 1. The van der Waals surface area contributed by atoms with E-state index in [1.807, 2.05) is 20.8 Å². The Labute approximate surface area is 150 Å². The van der Waals surface area contributed by atoms with Gasteiger partial charge in [0.2, 0.25) is 0 Å². The molecule has 1 aliphatic carbocycles. The normalized spacial score (nSPS) is 23.1. The van der Waals surface area contributed by atoms with Gasteiger partial charge in [0, 0.05) is 12.7 Å². The van der Waals surface area contributed by atoms with Crippen LogP contribution >= 0.6 is 0 Å². The summed E-state index contributed by atoms with van der Waals surface area (Å²) in [5, 5.41) is 12.3. The molecule has 1 N–H and O–H groups in total. The molecule has 5 nitrogen and oxygen atoms in total. The van der Waals surface area contributed by atoms with Crippen LogP contribution in [0.1, 0.15) is 58.9 Å². The van der Waals surface area contributed by atoms with Gasteiger partial charge in [-0.05, 0) is 58.1 Å². The average molecular weight is 344 g/mol. The van der Waals surface area contributed by atoms with Crippen molar-refractivity contribution in [2.75, 3.05) is 11.9 Å². The molecule has 1 saturated carbocycles. The van der Waals surface area contributed by atoms with Gasteiger partial charge in [-0.2, -0.15) is 5.26 Å². The summed E-state index contributed by atoms with van der Waals surface area (Å²) in [5.41, 5.74) is 0.0922. The molecule has 136 valence electrons. The lowest BCUT2D eigenvalue weighted by molar-refractivity contribution is -0.147. The molecule has 0 bridgehead atoms. The second-order valence-corrected chi connectivity index (χ2v) is 7.07. The Bertz CT molecular complexity index is 647. The monoisotopic (exact) mass is 344 g/mol. The molecule has 1 aliphatic rings. The number of nitriles is 1. The maximum Gasteiger partial charge on any atom is 0.256 e. The molecule has 0 saturated heterocycles. The summed E-state index contributed by atoms with van der Waals surface area (Å²) in [7, 11) is 0. The number of amides is 1. The maximum absolute atomic E-state index is 13.0. The summed E-state index contributed by atoms with van der Waals surface area (Å²) in [5.74, 6) is 0.911. The quantitative estimate of drug-likeness (QED) is 0.836. The molecule has 1 amide bonds. The van der Waals surface area contributed by atoms with E-state index in [0.717, 1.165) is 12.8 Å². The molecule has 0 aromatic heterocycles. The third-order valence-electron chi connectivity index (χ3n) is 4.52. The highest BCUT2D eigenvalue weighted by atomic mass is 16.5. The molecule has 2 unspecified atom stereocenters. The van der Waals surface area contributed by atoms with E-state index in [1.54, 1.807) is 18.2 Å². The zero-order valence-electron chi connectivity index (χ0n) is 15.6. The van der Waals surface area contributed by atoms with E-state index in [9.17, 15) is 10.1 Å². The number of nitrogens with one attached hydrogen (secondary N) is 1. The van der Waals surface area contributed by atoms with Crippen LogP contribution in [0.2, 0.25) is 0 Å². The number of anilines is 1. The summed E-state index contributed by atoms with van der Waals surface area (Å²) in [6.07, 6.45) is 3.54. The highest BCUT2D eigenvalue weighted by Crippen LogP contribution is 2.36. The van der Waals surface area contributed by atoms with Crippen molar-refractivity contribution in [2.45, 2.75) is 65.1 Å². The standard InChI is InChI=1S/C20H28N2O3/c1-5-24-20(10-6-7-15(4)12-20)19(23)22-18-9-8-17(25-14(2)3)11-16(18)13-21/h8-9,11,14-15H,5-7,10,12H2,1-4H3,(H,22,23). The minimum absolute atomic E-state index is 0.0249. The van der Waals surface area contributed by atoms with E-state index in [0.29, 0.717) is 42.4 Å². The Morgan fingerprint density at radius 1 is 1.48 bits per heavy atom. The Balaban J connectivity index is 2.22. The minimum atomic E-state index is -0.799. The lowest BCUT2D eigenvalue weighted by Gasteiger charge is -2.38. The molecule has 5 heteroatoms. The van der Waals surface area contributed by atoms with Crippen molar-refractivity contribution in [2.24, 2.45) is 5.92 Å². The van der Waals surface area contributed by atoms with Crippen LogP contribution in [0.4, 0.5) is 5.69 Å². The number of benzene rings is 1. The Morgan fingerprint density at radius 3 is 2.84 bits per heavy atom. The first-order chi connectivity index (χ1) is 11.9. The first-order valence-corrected chi connectivity index (χ1v) is 9.06. The van der Waals surface area contributed by atoms with Crippen molar-refractivity contribution in [1.29, 1.82) is 5.26 Å². The van der Waals surface area contributed by atoms with E-state index in [1.165, 1.54) is 0 Å². The number of hydrogen-bond acceptors (Lipinski definition) is 4. The first-order valence-electron chi connectivity index (χ1n) is 9.06. The third-order valence-corrected chi connectivity index (χ3v) is 4.52. The minimum Gasteiger partial charge on any atom is -0.491 e. The fourth-order valence-electron chi connectivity index (χ4n) is 3.49. The number of carbonyl (C=O) groups is 1. The molecule has 2 atom stereocenters. The van der Waals surface area contributed by atoms with E-state index in [4.69, 9.17) is 9.47 Å². The lowest BCUT2D eigenvalue weighted by Crippen LogP contribution is -2.48.